The Morgan fingerprint density at radius 2 is 2.08 bits per heavy atom. The zero-order chi connectivity index (χ0) is 17.7. The molecule has 0 spiro atoms. The Kier molecular flexibility index (Phi) is 5.80. The Bertz CT molecular complexity index is 569. The van der Waals surface area contributed by atoms with Crippen molar-refractivity contribution in [2.75, 3.05) is 6.54 Å². The van der Waals surface area contributed by atoms with Gasteiger partial charge in [0, 0.05) is 12.7 Å². The first-order valence-electron chi connectivity index (χ1n) is 8.49. The third-order valence-electron chi connectivity index (χ3n) is 3.92. The Hall–Kier alpha value is -2.11. The first-order chi connectivity index (χ1) is 11.3. The van der Waals surface area contributed by atoms with Crippen LogP contribution < -0.4 is 5.32 Å². The van der Waals surface area contributed by atoms with Crippen LogP contribution in [-0.4, -0.2) is 40.1 Å². The summed E-state index contributed by atoms with van der Waals surface area (Å²) in [5, 5.41) is 2.96. The van der Waals surface area contributed by atoms with Crippen molar-refractivity contribution in [2.45, 2.75) is 64.6 Å². The molecule has 0 unspecified atom stereocenters. The van der Waals surface area contributed by atoms with Gasteiger partial charge in [0.2, 0.25) is 5.91 Å². The second-order valence-corrected chi connectivity index (χ2v) is 7.17. The lowest BCUT2D eigenvalue weighted by atomic mass is 10.0. The van der Waals surface area contributed by atoms with E-state index in [9.17, 15) is 9.59 Å². The van der Waals surface area contributed by atoms with E-state index >= 15 is 0 Å². The summed E-state index contributed by atoms with van der Waals surface area (Å²) in [7, 11) is 0. The molecule has 1 N–H and O–H groups in total. The molecule has 0 bridgehead atoms. The average Bonchev–Trinajstić information content (AvgIpc) is 2.54. The highest BCUT2D eigenvalue weighted by Crippen LogP contribution is 2.21. The summed E-state index contributed by atoms with van der Waals surface area (Å²) >= 11 is 0. The molecule has 6 nitrogen and oxygen atoms in total. The maximum atomic E-state index is 12.7. The number of ether oxygens (including phenoxy) is 1. The van der Waals surface area contributed by atoms with Crippen LogP contribution in [0.25, 0.3) is 0 Å². The van der Waals surface area contributed by atoms with E-state index < -0.39 is 17.7 Å². The summed E-state index contributed by atoms with van der Waals surface area (Å²) in [6.45, 7) is 7.92. The fraction of sp³-hybridized carbons (Fsp3) is 0.611. The molecule has 0 saturated carbocycles. The average molecular weight is 333 g/mol. The van der Waals surface area contributed by atoms with Gasteiger partial charge < -0.3 is 10.1 Å². The maximum Gasteiger partial charge on any atom is 0.410 e. The summed E-state index contributed by atoms with van der Waals surface area (Å²) in [5.41, 5.74) is 0.224. The van der Waals surface area contributed by atoms with E-state index in [4.69, 9.17) is 4.74 Å². The largest absolute Gasteiger partial charge is 0.444 e. The summed E-state index contributed by atoms with van der Waals surface area (Å²) in [5.74, 6) is -0.154. The summed E-state index contributed by atoms with van der Waals surface area (Å²) in [6.07, 6.45) is 3.74. The number of carbonyl (C=O) groups excluding carboxylic acids is 2. The number of likely N-dealkylation sites (tertiary alicyclic amines) is 1. The lowest BCUT2D eigenvalue weighted by Gasteiger charge is -2.36. The second kappa shape index (κ2) is 7.64. The molecule has 2 heterocycles. The van der Waals surface area contributed by atoms with Gasteiger partial charge in [-0.05, 0) is 59.1 Å². The van der Waals surface area contributed by atoms with Gasteiger partial charge in [-0.3, -0.25) is 14.7 Å². The third-order valence-corrected chi connectivity index (χ3v) is 3.92. The highest BCUT2D eigenvalue weighted by Gasteiger charge is 2.35. The fourth-order valence-corrected chi connectivity index (χ4v) is 2.76. The number of hydrogen-bond acceptors (Lipinski definition) is 4. The molecule has 1 aliphatic rings. The quantitative estimate of drug-likeness (QED) is 0.923. The van der Waals surface area contributed by atoms with Crippen LogP contribution in [0.3, 0.4) is 0 Å². The van der Waals surface area contributed by atoms with Gasteiger partial charge in [-0.1, -0.05) is 6.07 Å². The molecule has 0 aromatic carbocycles. The van der Waals surface area contributed by atoms with Crippen LogP contribution in [0.4, 0.5) is 4.79 Å². The molecule has 1 aromatic heterocycles. The number of amides is 2. The Morgan fingerprint density at radius 1 is 1.33 bits per heavy atom. The van der Waals surface area contributed by atoms with Crippen LogP contribution in [0.15, 0.2) is 24.4 Å². The number of aromatic nitrogens is 1. The van der Waals surface area contributed by atoms with Crippen molar-refractivity contribution >= 4 is 12.0 Å². The minimum absolute atomic E-state index is 0.154. The van der Waals surface area contributed by atoms with E-state index in [1.807, 2.05) is 45.9 Å². The minimum atomic E-state index is -0.573. The molecular formula is C18H27N3O3. The van der Waals surface area contributed by atoms with Gasteiger partial charge in [0.25, 0.3) is 0 Å². The number of pyridine rings is 1. The molecule has 6 heteroatoms. The van der Waals surface area contributed by atoms with Crippen LogP contribution in [0.2, 0.25) is 0 Å². The zero-order valence-corrected chi connectivity index (χ0v) is 14.9. The Balaban J connectivity index is 2.03. The van der Waals surface area contributed by atoms with Crippen molar-refractivity contribution in [2.24, 2.45) is 0 Å². The number of hydrogen-bond donors (Lipinski definition) is 1. The van der Waals surface area contributed by atoms with Gasteiger partial charge >= 0.3 is 6.09 Å². The predicted octanol–water partition coefficient (Wildman–Crippen LogP) is 3.05. The topological polar surface area (TPSA) is 71.5 Å². The summed E-state index contributed by atoms with van der Waals surface area (Å²) in [4.78, 5) is 30.9. The van der Waals surface area contributed by atoms with Crippen molar-refractivity contribution in [3.05, 3.63) is 30.1 Å². The van der Waals surface area contributed by atoms with Crippen LogP contribution >= 0.6 is 0 Å². The van der Waals surface area contributed by atoms with Crippen molar-refractivity contribution in [1.29, 1.82) is 0 Å². The second-order valence-electron chi connectivity index (χ2n) is 7.17. The van der Waals surface area contributed by atoms with E-state index in [1.54, 1.807) is 11.1 Å². The van der Waals surface area contributed by atoms with Crippen molar-refractivity contribution < 1.29 is 14.3 Å². The van der Waals surface area contributed by atoms with Crippen LogP contribution in [-0.2, 0) is 9.53 Å². The predicted molar refractivity (Wildman–Crippen MR) is 91.4 cm³/mol. The maximum absolute atomic E-state index is 12.7. The number of carbonyl (C=O) groups is 2. The molecule has 1 aliphatic heterocycles. The number of piperidine rings is 1. The minimum Gasteiger partial charge on any atom is -0.444 e. The Morgan fingerprint density at radius 3 is 2.71 bits per heavy atom. The number of rotatable bonds is 3. The first kappa shape index (κ1) is 18.2. The van der Waals surface area contributed by atoms with Gasteiger partial charge in [-0.15, -0.1) is 0 Å². The molecule has 1 aromatic rings. The van der Waals surface area contributed by atoms with Crippen molar-refractivity contribution in [3.63, 3.8) is 0 Å². The summed E-state index contributed by atoms with van der Waals surface area (Å²) in [6, 6.07) is 4.90. The molecule has 24 heavy (non-hydrogen) atoms. The third kappa shape index (κ3) is 4.94. The van der Waals surface area contributed by atoms with Crippen molar-refractivity contribution in [1.82, 2.24) is 15.2 Å². The highest BCUT2D eigenvalue weighted by atomic mass is 16.6. The zero-order valence-electron chi connectivity index (χ0n) is 14.9. The van der Waals surface area contributed by atoms with Gasteiger partial charge in [0.15, 0.2) is 0 Å². The molecule has 0 aliphatic carbocycles. The van der Waals surface area contributed by atoms with Crippen molar-refractivity contribution in [3.8, 4) is 0 Å². The SMILES string of the molecule is C[C@@H](NC(=O)[C@@H]1CCCCN1C(=O)OC(C)(C)C)c1ccccn1. The molecule has 1 fully saturated rings. The lowest BCUT2D eigenvalue weighted by molar-refractivity contribution is -0.128. The normalized spacial score (nSPS) is 19.5. The first-order valence-corrected chi connectivity index (χ1v) is 8.49. The number of nitrogens with zero attached hydrogens (tertiary/aromatic N) is 2. The molecule has 2 rings (SSSR count). The van der Waals surface area contributed by atoms with E-state index in [0.717, 1.165) is 18.5 Å². The standard InChI is InChI=1S/C18H27N3O3/c1-13(14-9-5-7-11-19-14)20-16(22)15-10-6-8-12-21(15)17(23)24-18(2,3)4/h5,7,9,11,13,15H,6,8,10,12H2,1-4H3,(H,20,22)/t13-,15+/m1/s1. The molecule has 0 radical (unpaired) electrons. The van der Waals surface area contributed by atoms with Crippen LogP contribution in [0, 0.1) is 0 Å². The van der Waals surface area contributed by atoms with Gasteiger partial charge in [0.1, 0.15) is 11.6 Å². The smallest absolute Gasteiger partial charge is 0.410 e. The van der Waals surface area contributed by atoms with Gasteiger partial charge in [-0.25, -0.2) is 4.79 Å². The molecular weight excluding hydrogens is 306 g/mol. The van der Waals surface area contributed by atoms with E-state index in [0.29, 0.717) is 13.0 Å². The number of nitrogens with one attached hydrogen (secondary N) is 1. The van der Waals surface area contributed by atoms with E-state index in [1.165, 1.54) is 0 Å². The summed E-state index contributed by atoms with van der Waals surface area (Å²) < 4.78 is 5.44. The van der Waals surface area contributed by atoms with Gasteiger partial charge in [0.05, 0.1) is 11.7 Å². The monoisotopic (exact) mass is 333 g/mol. The Labute approximate surface area is 143 Å². The van der Waals surface area contributed by atoms with Gasteiger partial charge in [-0.2, -0.15) is 0 Å². The fourth-order valence-electron chi connectivity index (χ4n) is 2.76. The van der Waals surface area contributed by atoms with E-state index in [-0.39, 0.29) is 11.9 Å². The van der Waals surface area contributed by atoms with Crippen LogP contribution in [0.1, 0.15) is 58.7 Å². The van der Waals surface area contributed by atoms with Crippen LogP contribution in [0.5, 0.6) is 0 Å². The van der Waals surface area contributed by atoms with E-state index in [2.05, 4.69) is 10.3 Å². The molecule has 2 atom stereocenters. The lowest BCUT2D eigenvalue weighted by Crippen LogP contribution is -2.53. The molecule has 132 valence electrons. The molecule has 1 saturated heterocycles. The molecule has 2 amide bonds. The highest BCUT2D eigenvalue weighted by molar-refractivity contribution is 5.86.